The quantitative estimate of drug-likeness (QED) is 0.618. The zero-order chi connectivity index (χ0) is 22.0. The van der Waals surface area contributed by atoms with E-state index in [4.69, 9.17) is 0 Å². The Morgan fingerprint density at radius 2 is 1.42 bits per heavy atom. The number of hydrogen-bond acceptors (Lipinski definition) is 5. The summed E-state index contributed by atoms with van der Waals surface area (Å²) in [6.07, 6.45) is 2.85. The number of sulfonamides is 1. The lowest BCUT2D eigenvalue weighted by molar-refractivity contribution is 0.0696. The van der Waals surface area contributed by atoms with E-state index in [9.17, 15) is 22.0 Å². The molecule has 0 aliphatic carbocycles. The van der Waals surface area contributed by atoms with E-state index in [1.165, 1.54) is 17.3 Å². The summed E-state index contributed by atoms with van der Waals surface area (Å²) < 4.78 is 54.2. The molecule has 1 aromatic heterocycles. The number of halogens is 2. The van der Waals surface area contributed by atoms with Crippen molar-refractivity contribution in [3.63, 3.8) is 0 Å². The number of rotatable bonds is 4. The van der Waals surface area contributed by atoms with Gasteiger partial charge in [0.15, 0.2) is 10.7 Å². The van der Waals surface area contributed by atoms with Gasteiger partial charge in [-0.1, -0.05) is 36.4 Å². The highest BCUT2D eigenvalue weighted by atomic mass is 32.2. The third kappa shape index (κ3) is 4.17. The van der Waals surface area contributed by atoms with Gasteiger partial charge in [-0.2, -0.15) is 4.31 Å². The maximum atomic E-state index is 14.0. The van der Waals surface area contributed by atoms with E-state index >= 15 is 0 Å². The highest BCUT2D eigenvalue weighted by Crippen LogP contribution is 2.24. The first-order valence-corrected chi connectivity index (χ1v) is 10.9. The summed E-state index contributed by atoms with van der Waals surface area (Å²) in [5, 5.41) is 0. The monoisotopic (exact) mass is 444 g/mol. The number of nitrogens with zero attached hydrogens (tertiary/aromatic N) is 4. The Hall–Kier alpha value is -3.24. The summed E-state index contributed by atoms with van der Waals surface area (Å²) >= 11 is 0. The molecule has 0 bridgehead atoms. The number of carbonyl (C=O) groups excluding carboxylic acids is 1. The highest BCUT2D eigenvalue weighted by molar-refractivity contribution is 7.89. The van der Waals surface area contributed by atoms with Crippen LogP contribution in [0.2, 0.25) is 0 Å². The molecule has 160 valence electrons. The Labute approximate surface area is 178 Å². The molecule has 0 unspecified atom stereocenters. The number of carbonyl (C=O) groups is 1. The average molecular weight is 444 g/mol. The van der Waals surface area contributed by atoms with Crippen LogP contribution in [0.4, 0.5) is 8.78 Å². The van der Waals surface area contributed by atoms with E-state index in [0.717, 1.165) is 28.1 Å². The van der Waals surface area contributed by atoms with Crippen molar-refractivity contribution in [1.29, 1.82) is 0 Å². The van der Waals surface area contributed by atoms with Gasteiger partial charge >= 0.3 is 0 Å². The third-order valence-corrected chi connectivity index (χ3v) is 6.92. The van der Waals surface area contributed by atoms with Gasteiger partial charge < -0.3 is 4.90 Å². The van der Waals surface area contributed by atoms with Gasteiger partial charge in [-0.05, 0) is 12.1 Å². The predicted octanol–water partition coefficient (Wildman–Crippen LogP) is 2.57. The number of aromatic nitrogens is 2. The van der Waals surface area contributed by atoms with Crippen LogP contribution in [0, 0.1) is 11.6 Å². The first-order chi connectivity index (χ1) is 14.9. The van der Waals surface area contributed by atoms with Crippen LogP contribution in [-0.4, -0.2) is 59.7 Å². The molecule has 0 N–H and O–H groups in total. The molecule has 0 saturated carbocycles. The van der Waals surface area contributed by atoms with Gasteiger partial charge in [0.05, 0.1) is 5.56 Å². The standard InChI is InChI=1S/C21H18F2N4O3S/c22-17-7-4-8-18(23)19(17)31(29,30)27-11-9-26(10-12-27)21(28)16-13-24-20(25-14-16)15-5-2-1-3-6-15/h1-8,13-14H,9-12H2. The van der Waals surface area contributed by atoms with Gasteiger partial charge in [0.25, 0.3) is 5.91 Å². The van der Waals surface area contributed by atoms with E-state index in [1.807, 2.05) is 30.3 Å². The van der Waals surface area contributed by atoms with Gasteiger partial charge in [0, 0.05) is 44.1 Å². The Bertz CT molecular complexity index is 1180. The predicted molar refractivity (Wildman–Crippen MR) is 108 cm³/mol. The largest absolute Gasteiger partial charge is 0.336 e. The van der Waals surface area contributed by atoms with Crippen molar-refractivity contribution in [3.8, 4) is 11.4 Å². The molecule has 2 aromatic carbocycles. The van der Waals surface area contributed by atoms with Crippen LogP contribution < -0.4 is 0 Å². The minimum absolute atomic E-state index is 0.0779. The Balaban J connectivity index is 1.44. The number of amides is 1. The summed E-state index contributed by atoms with van der Waals surface area (Å²) in [7, 11) is -4.35. The second-order valence-electron chi connectivity index (χ2n) is 6.91. The van der Waals surface area contributed by atoms with E-state index in [0.29, 0.717) is 5.82 Å². The van der Waals surface area contributed by atoms with Crippen LogP contribution in [-0.2, 0) is 10.0 Å². The van der Waals surface area contributed by atoms with Crippen molar-refractivity contribution >= 4 is 15.9 Å². The van der Waals surface area contributed by atoms with Crippen molar-refractivity contribution in [3.05, 3.63) is 78.1 Å². The summed E-state index contributed by atoms with van der Waals surface area (Å²) in [6, 6.07) is 12.2. The molecule has 1 aliphatic rings. The molecule has 0 atom stereocenters. The van der Waals surface area contributed by atoms with Gasteiger partial charge in [-0.15, -0.1) is 0 Å². The van der Waals surface area contributed by atoms with Gasteiger partial charge in [-0.25, -0.2) is 27.2 Å². The number of piperazine rings is 1. The van der Waals surface area contributed by atoms with Gasteiger partial charge in [0.1, 0.15) is 11.6 Å². The molecule has 7 nitrogen and oxygen atoms in total. The van der Waals surface area contributed by atoms with Crippen LogP contribution in [0.1, 0.15) is 10.4 Å². The average Bonchev–Trinajstić information content (AvgIpc) is 2.79. The van der Waals surface area contributed by atoms with Gasteiger partial charge in [0.2, 0.25) is 10.0 Å². The summed E-state index contributed by atoms with van der Waals surface area (Å²) in [5.41, 5.74) is 1.09. The molecular weight excluding hydrogens is 426 g/mol. The van der Waals surface area contributed by atoms with Crippen LogP contribution in [0.5, 0.6) is 0 Å². The van der Waals surface area contributed by atoms with Crippen LogP contribution >= 0.6 is 0 Å². The van der Waals surface area contributed by atoms with Gasteiger partial charge in [-0.3, -0.25) is 4.79 Å². The molecule has 0 spiro atoms. The fourth-order valence-corrected chi connectivity index (χ4v) is 4.88. The Morgan fingerprint density at radius 3 is 2.00 bits per heavy atom. The first kappa shape index (κ1) is 21.0. The summed E-state index contributed by atoms with van der Waals surface area (Å²) in [6.45, 7) is -0.00124. The molecule has 10 heteroatoms. The fraction of sp³-hybridized carbons (Fsp3) is 0.190. The van der Waals surface area contributed by atoms with Crippen LogP contribution in [0.3, 0.4) is 0 Å². The molecule has 3 aromatic rings. The summed E-state index contributed by atoms with van der Waals surface area (Å²) in [5.74, 6) is -2.14. The third-order valence-electron chi connectivity index (χ3n) is 4.97. The first-order valence-electron chi connectivity index (χ1n) is 9.49. The fourth-order valence-electron chi connectivity index (χ4n) is 3.35. The Kier molecular flexibility index (Phi) is 5.75. The normalized spacial score (nSPS) is 15.1. The van der Waals surface area contributed by atoms with Crippen LogP contribution in [0.25, 0.3) is 11.4 Å². The lowest BCUT2D eigenvalue weighted by atomic mass is 10.2. The van der Waals surface area contributed by atoms with Crippen LogP contribution in [0.15, 0.2) is 65.8 Å². The second-order valence-corrected chi connectivity index (χ2v) is 8.78. The van der Waals surface area contributed by atoms with E-state index in [1.54, 1.807) is 0 Å². The molecule has 1 amide bonds. The number of benzene rings is 2. The molecule has 0 radical (unpaired) electrons. The van der Waals surface area contributed by atoms with Crippen molar-refractivity contribution in [2.24, 2.45) is 0 Å². The minimum atomic E-state index is -4.35. The summed E-state index contributed by atoms with van der Waals surface area (Å²) in [4.78, 5) is 21.7. The van der Waals surface area contributed by atoms with Crippen molar-refractivity contribution in [1.82, 2.24) is 19.2 Å². The Morgan fingerprint density at radius 1 is 0.839 bits per heavy atom. The molecule has 1 fully saturated rings. The lowest BCUT2D eigenvalue weighted by Gasteiger charge is -2.34. The van der Waals surface area contributed by atoms with E-state index in [2.05, 4.69) is 9.97 Å². The highest BCUT2D eigenvalue weighted by Gasteiger charge is 2.34. The van der Waals surface area contributed by atoms with Crippen molar-refractivity contribution < 1.29 is 22.0 Å². The second kappa shape index (κ2) is 8.48. The minimum Gasteiger partial charge on any atom is -0.336 e. The van der Waals surface area contributed by atoms with E-state index < -0.39 is 26.6 Å². The zero-order valence-electron chi connectivity index (χ0n) is 16.3. The number of hydrogen-bond donors (Lipinski definition) is 0. The molecule has 1 aliphatic heterocycles. The molecule has 1 saturated heterocycles. The topological polar surface area (TPSA) is 83.5 Å². The molecular formula is C21H18F2N4O3S. The maximum Gasteiger partial charge on any atom is 0.257 e. The molecule has 31 heavy (non-hydrogen) atoms. The van der Waals surface area contributed by atoms with E-state index in [-0.39, 0.29) is 37.6 Å². The molecule has 4 rings (SSSR count). The van der Waals surface area contributed by atoms with Crippen molar-refractivity contribution in [2.45, 2.75) is 4.90 Å². The smallest absolute Gasteiger partial charge is 0.257 e. The lowest BCUT2D eigenvalue weighted by Crippen LogP contribution is -2.50. The zero-order valence-corrected chi connectivity index (χ0v) is 17.1. The maximum absolute atomic E-state index is 14.0. The molecule has 2 heterocycles. The van der Waals surface area contributed by atoms with Crippen molar-refractivity contribution in [2.75, 3.05) is 26.2 Å². The SMILES string of the molecule is O=C(c1cnc(-c2ccccc2)nc1)N1CCN(S(=O)(=O)c2c(F)cccc2F)CC1.